The number of nitrogens with zero attached hydrogens (tertiary/aromatic N) is 2. The number of benzene rings is 2. The van der Waals surface area contributed by atoms with Gasteiger partial charge >= 0.3 is 0 Å². The average molecular weight is 351 g/mol. The highest BCUT2D eigenvalue weighted by atomic mass is 32.1. The summed E-state index contributed by atoms with van der Waals surface area (Å²) in [6, 6.07) is 16.4. The number of primary amides is 1. The molecule has 25 heavy (non-hydrogen) atoms. The Kier molecular flexibility index (Phi) is 4.63. The molecule has 0 unspecified atom stereocenters. The molecule has 3 aromatic rings. The summed E-state index contributed by atoms with van der Waals surface area (Å²) in [6.07, 6.45) is 0. The van der Waals surface area contributed by atoms with Gasteiger partial charge in [-0.05, 0) is 31.2 Å². The van der Waals surface area contributed by atoms with E-state index in [9.17, 15) is 9.59 Å². The summed E-state index contributed by atoms with van der Waals surface area (Å²) >= 11 is 1.38. The first-order chi connectivity index (χ1) is 12.0. The highest BCUT2D eigenvalue weighted by molar-refractivity contribution is 7.17. The van der Waals surface area contributed by atoms with Crippen LogP contribution >= 0.6 is 11.3 Å². The van der Waals surface area contributed by atoms with Crippen molar-refractivity contribution >= 4 is 28.8 Å². The fraction of sp³-hybridized carbons (Fsp3) is 0.105. The van der Waals surface area contributed by atoms with E-state index in [0.717, 1.165) is 10.6 Å². The average Bonchev–Trinajstić information content (AvgIpc) is 3.03. The number of thiazole rings is 1. The quantitative estimate of drug-likeness (QED) is 0.781. The van der Waals surface area contributed by atoms with Crippen molar-refractivity contribution in [2.24, 2.45) is 5.73 Å². The molecule has 0 saturated carbocycles. The van der Waals surface area contributed by atoms with Gasteiger partial charge in [0, 0.05) is 23.9 Å². The zero-order valence-electron chi connectivity index (χ0n) is 13.9. The van der Waals surface area contributed by atoms with E-state index in [0.29, 0.717) is 21.8 Å². The normalized spacial score (nSPS) is 10.5. The largest absolute Gasteiger partial charge is 0.366 e. The molecule has 1 heterocycles. The highest BCUT2D eigenvalue weighted by Crippen LogP contribution is 2.29. The fourth-order valence-electron chi connectivity index (χ4n) is 2.42. The number of rotatable bonds is 4. The molecule has 0 aliphatic carbocycles. The van der Waals surface area contributed by atoms with Crippen LogP contribution in [0.5, 0.6) is 0 Å². The third-order valence-corrected chi connectivity index (χ3v) is 5.05. The molecule has 0 bridgehead atoms. The van der Waals surface area contributed by atoms with Gasteiger partial charge in [-0.1, -0.05) is 30.3 Å². The predicted molar refractivity (Wildman–Crippen MR) is 100.0 cm³/mol. The van der Waals surface area contributed by atoms with Crippen LogP contribution in [-0.4, -0.2) is 23.8 Å². The standard InChI is InChI=1S/C19H17N3O2S/c1-12-16(25-18(21-12)14-6-4-3-5-7-14)19(24)22(2)15-10-8-13(9-11-15)17(20)23/h3-11H,1-2H3,(H2,20,23). The predicted octanol–water partition coefficient (Wildman–Crippen LogP) is 3.49. The van der Waals surface area contributed by atoms with Crippen molar-refractivity contribution in [2.45, 2.75) is 6.92 Å². The minimum absolute atomic E-state index is 0.135. The maximum Gasteiger partial charge on any atom is 0.270 e. The van der Waals surface area contributed by atoms with Gasteiger partial charge in [0.15, 0.2) is 0 Å². The van der Waals surface area contributed by atoms with E-state index in [1.807, 2.05) is 37.3 Å². The summed E-state index contributed by atoms with van der Waals surface area (Å²) in [5.41, 5.74) is 8.03. The summed E-state index contributed by atoms with van der Waals surface area (Å²) < 4.78 is 0. The number of amides is 2. The van der Waals surface area contributed by atoms with E-state index >= 15 is 0 Å². The summed E-state index contributed by atoms with van der Waals surface area (Å²) in [5, 5.41) is 0.818. The number of nitrogens with two attached hydrogens (primary N) is 1. The number of carbonyl (C=O) groups is 2. The van der Waals surface area contributed by atoms with Crippen LogP contribution in [0.15, 0.2) is 54.6 Å². The van der Waals surface area contributed by atoms with Crippen LogP contribution in [0.4, 0.5) is 5.69 Å². The van der Waals surface area contributed by atoms with Gasteiger partial charge in [0.25, 0.3) is 5.91 Å². The molecule has 0 fully saturated rings. The number of aromatic nitrogens is 1. The molecule has 2 amide bonds. The lowest BCUT2D eigenvalue weighted by Gasteiger charge is -2.16. The number of anilines is 1. The summed E-state index contributed by atoms with van der Waals surface area (Å²) in [7, 11) is 1.70. The summed E-state index contributed by atoms with van der Waals surface area (Å²) in [5.74, 6) is -0.629. The SMILES string of the molecule is Cc1nc(-c2ccccc2)sc1C(=O)N(C)c1ccc(C(N)=O)cc1. The van der Waals surface area contributed by atoms with Gasteiger partial charge in [-0.3, -0.25) is 9.59 Å². The molecule has 3 rings (SSSR count). The van der Waals surface area contributed by atoms with Gasteiger partial charge in [0.1, 0.15) is 9.88 Å². The smallest absolute Gasteiger partial charge is 0.270 e. The molecular weight excluding hydrogens is 334 g/mol. The van der Waals surface area contributed by atoms with Crippen molar-refractivity contribution in [3.05, 3.63) is 70.7 Å². The maximum absolute atomic E-state index is 12.8. The molecule has 0 spiro atoms. The Balaban J connectivity index is 1.87. The number of hydrogen-bond donors (Lipinski definition) is 1. The molecule has 2 aromatic carbocycles. The topological polar surface area (TPSA) is 76.3 Å². The van der Waals surface area contributed by atoms with E-state index in [4.69, 9.17) is 5.73 Å². The first-order valence-electron chi connectivity index (χ1n) is 7.68. The Morgan fingerprint density at radius 2 is 1.68 bits per heavy atom. The first kappa shape index (κ1) is 16.9. The number of hydrogen-bond acceptors (Lipinski definition) is 4. The van der Waals surface area contributed by atoms with Crippen LogP contribution in [0.1, 0.15) is 25.7 Å². The van der Waals surface area contributed by atoms with E-state index < -0.39 is 5.91 Å². The van der Waals surface area contributed by atoms with Crippen molar-refractivity contribution < 1.29 is 9.59 Å². The minimum atomic E-state index is -0.494. The van der Waals surface area contributed by atoms with Gasteiger partial charge in [0.05, 0.1) is 5.69 Å². The number of aryl methyl sites for hydroxylation is 1. The molecule has 0 saturated heterocycles. The molecule has 0 aliphatic heterocycles. The molecule has 2 N–H and O–H groups in total. The zero-order chi connectivity index (χ0) is 18.0. The van der Waals surface area contributed by atoms with Gasteiger partial charge in [-0.2, -0.15) is 0 Å². The Bertz CT molecular complexity index is 918. The highest BCUT2D eigenvalue weighted by Gasteiger charge is 2.20. The van der Waals surface area contributed by atoms with Crippen LogP contribution in [0.3, 0.4) is 0 Å². The molecule has 126 valence electrons. The molecule has 0 radical (unpaired) electrons. The van der Waals surface area contributed by atoms with Crippen molar-refractivity contribution in [3.8, 4) is 10.6 Å². The lowest BCUT2D eigenvalue weighted by Crippen LogP contribution is -2.26. The Labute approximate surface area is 149 Å². The molecule has 1 aromatic heterocycles. The molecule has 6 heteroatoms. The van der Waals surface area contributed by atoms with Gasteiger partial charge in [0.2, 0.25) is 5.91 Å². The van der Waals surface area contributed by atoms with Crippen molar-refractivity contribution in [1.82, 2.24) is 4.98 Å². The fourth-order valence-corrected chi connectivity index (χ4v) is 3.47. The minimum Gasteiger partial charge on any atom is -0.366 e. The first-order valence-corrected chi connectivity index (χ1v) is 8.50. The molecule has 5 nitrogen and oxygen atoms in total. The second kappa shape index (κ2) is 6.86. The van der Waals surface area contributed by atoms with Gasteiger partial charge < -0.3 is 10.6 Å². The van der Waals surface area contributed by atoms with Gasteiger partial charge in [-0.15, -0.1) is 11.3 Å². The number of carbonyl (C=O) groups excluding carboxylic acids is 2. The lowest BCUT2D eigenvalue weighted by atomic mass is 10.2. The lowest BCUT2D eigenvalue weighted by molar-refractivity contribution is 0.0991. The zero-order valence-corrected chi connectivity index (χ0v) is 14.7. The van der Waals surface area contributed by atoms with E-state index in [1.54, 1.807) is 36.2 Å². The Morgan fingerprint density at radius 3 is 2.28 bits per heavy atom. The molecular formula is C19H17N3O2S. The third kappa shape index (κ3) is 3.44. The molecule has 0 aliphatic rings. The Hall–Kier alpha value is -2.99. The Morgan fingerprint density at radius 1 is 1.04 bits per heavy atom. The van der Waals surface area contributed by atoms with Crippen LogP contribution in [0, 0.1) is 6.92 Å². The third-order valence-electron chi connectivity index (χ3n) is 3.86. The van der Waals surface area contributed by atoms with Crippen LogP contribution in [-0.2, 0) is 0 Å². The van der Waals surface area contributed by atoms with Crippen LogP contribution < -0.4 is 10.6 Å². The van der Waals surface area contributed by atoms with E-state index in [2.05, 4.69) is 4.98 Å². The van der Waals surface area contributed by atoms with Crippen molar-refractivity contribution in [2.75, 3.05) is 11.9 Å². The van der Waals surface area contributed by atoms with E-state index in [-0.39, 0.29) is 5.91 Å². The summed E-state index contributed by atoms with van der Waals surface area (Å²) in [6.45, 7) is 1.83. The van der Waals surface area contributed by atoms with Crippen molar-refractivity contribution in [1.29, 1.82) is 0 Å². The molecule has 0 atom stereocenters. The second-order valence-electron chi connectivity index (χ2n) is 5.57. The second-order valence-corrected chi connectivity index (χ2v) is 6.57. The monoisotopic (exact) mass is 351 g/mol. The van der Waals surface area contributed by atoms with Crippen LogP contribution in [0.25, 0.3) is 10.6 Å². The van der Waals surface area contributed by atoms with Crippen molar-refractivity contribution in [3.63, 3.8) is 0 Å². The van der Waals surface area contributed by atoms with Crippen LogP contribution in [0.2, 0.25) is 0 Å². The van der Waals surface area contributed by atoms with Gasteiger partial charge in [-0.25, -0.2) is 4.98 Å². The maximum atomic E-state index is 12.8. The van der Waals surface area contributed by atoms with E-state index in [1.165, 1.54) is 11.3 Å². The summed E-state index contributed by atoms with van der Waals surface area (Å²) in [4.78, 5) is 30.7.